The molecule has 2 aliphatic heterocycles. The average Bonchev–Trinajstić information content (AvgIpc) is 3.36. The summed E-state index contributed by atoms with van der Waals surface area (Å²) in [6, 6.07) is 11.3. The summed E-state index contributed by atoms with van der Waals surface area (Å²) in [5.41, 5.74) is 1.35. The van der Waals surface area contributed by atoms with Gasteiger partial charge in [0, 0.05) is 43.0 Å². The number of ether oxygens (including phenoxy) is 2. The molecule has 0 saturated carbocycles. The van der Waals surface area contributed by atoms with Crippen molar-refractivity contribution in [2.45, 2.75) is 25.7 Å². The zero-order valence-corrected chi connectivity index (χ0v) is 18.7. The van der Waals surface area contributed by atoms with E-state index in [1.165, 1.54) is 12.1 Å². The smallest absolute Gasteiger partial charge is 0.223 e. The summed E-state index contributed by atoms with van der Waals surface area (Å²) in [5, 5.41) is 0. The van der Waals surface area contributed by atoms with E-state index < -0.39 is 0 Å². The first-order valence-corrected chi connectivity index (χ1v) is 11.5. The number of aryl methyl sites for hydroxylation is 1. The summed E-state index contributed by atoms with van der Waals surface area (Å²) in [6.45, 7) is 2.09. The molecule has 5 rings (SSSR count). The van der Waals surface area contributed by atoms with Crippen molar-refractivity contribution in [3.8, 4) is 22.8 Å². The minimum absolute atomic E-state index is 0.0201. The number of fused-ring (bicyclic) bond motifs is 1. The monoisotopic (exact) mass is 464 g/mol. The third-order valence-corrected chi connectivity index (χ3v) is 6.28. The number of nitrogens with zero attached hydrogens (tertiary/aromatic N) is 2. The van der Waals surface area contributed by atoms with E-state index in [1.807, 2.05) is 0 Å². The zero-order valence-electron chi connectivity index (χ0n) is 18.7. The highest BCUT2D eigenvalue weighted by atomic mass is 19.1. The molecular weight excluding hydrogens is 439 g/mol. The predicted octanol–water partition coefficient (Wildman–Crippen LogP) is 4.31. The molecule has 3 heterocycles. The van der Waals surface area contributed by atoms with Crippen LogP contribution >= 0.6 is 0 Å². The number of benzene rings is 2. The van der Waals surface area contributed by atoms with Crippen molar-refractivity contribution < 1.29 is 27.9 Å². The molecule has 7 nitrogen and oxygen atoms in total. The fraction of sp³-hybridized carbons (Fsp3) is 0.346. The fourth-order valence-corrected chi connectivity index (χ4v) is 4.37. The molecule has 1 aromatic heterocycles. The Morgan fingerprint density at radius 1 is 1.00 bits per heavy atom. The number of rotatable bonds is 6. The molecule has 0 aliphatic carbocycles. The van der Waals surface area contributed by atoms with Crippen LogP contribution in [0.2, 0.25) is 0 Å². The number of hydrogen-bond acceptors (Lipinski definition) is 6. The maximum Gasteiger partial charge on any atom is 0.223 e. The van der Waals surface area contributed by atoms with Crippen molar-refractivity contribution in [2.75, 3.05) is 26.3 Å². The van der Waals surface area contributed by atoms with E-state index in [0.717, 1.165) is 5.56 Å². The molecule has 0 N–H and O–H groups in total. The van der Waals surface area contributed by atoms with Gasteiger partial charge in [0.1, 0.15) is 19.0 Å². The van der Waals surface area contributed by atoms with Crippen molar-refractivity contribution >= 4 is 11.7 Å². The van der Waals surface area contributed by atoms with Gasteiger partial charge in [-0.2, -0.15) is 0 Å². The lowest BCUT2D eigenvalue weighted by Gasteiger charge is -2.31. The van der Waals surface area contributed by atoms with Crippen molar-refractivity contribution in [2.24, 2.45) is 5.92 Å². The molecular formula is C26H25FN2O5. The normalized spacial score (nSPS) is 15.9. The van der Waals surface area contributed by atoms with Crippen LogP contribution in [0.5, 0.6) is 11.5 Å². The molecule has 2 aliphatic rings. The highest BCUT2D eigenvalue weighted by Crippen LogP contribution is 2.32. The number of oxazole rings is 1. The minimum Gasteiger partial charge on any atom is -0.486 e. The molecule has 0 atom stereocenters. The van der Waals surface area contributed by atoms with Crippen LogP contribution in [0.15, 0.2) is 53.1 Å². The molecule has 34 heavy (non-hydrogen) atoms. The third kappa shape index (κ3) is 4.81. The second-order valence-corrected chi connectivity index (χ2v) is 8.50. The van der Waals surface area contributed by atoms with Crippen molar-refractivity contribution in [3.05, 3.63) is 65.9 Å². The van der Waals surface area contributed by atoms with E-state index in [9.17, 15) is 14.0 Å². The lowest BCUT2D eigenvalue weighted by atomic mass is 9.88. The van der Waals surface area contributed by atoms with Crippen LogP contribution in [0.25, 0.3) is 11.3 Å². The highest BCUT2D eigenvalue weighted by molar-refractivity contribution is 5.98. The Bertz CT molecular complexity index is 1180. The minimum atomic E-state index is -0.314. The molecule has 1 amide bonds. The molecule has 1 fully saturated rings. The van der Waals surface area contributed by atoms with Crippen LogP contribution in [0.1, 0.15) is 35.5 Å². The molecule has 2 aromatic carbocycles. The van der Waals surface area contributed by atoms with Crippen LogP contribution in [-0.2, 0) is 11.2 Å². The number of piperidine rings is 1. The molecule has 176 valence electrons. The van der Waals surface area contributed by atoms with Crippen molar-refractivity contribution in [1.29, 1.82) is 0 Å². The Kier molecular flexibility index (Phi) is 6.29. The molecule has 8 heteroatoms. The van der Waals surface area contributed by atoms with Gasteiger partial charge in [-0.25, -0.2) is 9.37 Å². The highest BCUT2D eigenvalue weighted by Gasteiger charge is 2.29. The number of likely N-dealkylation sites (tertiary alicyclic amines) is 1. The number of carbonyl (C=O) groups excluding carboxylic acids is 2. The predicted molar refractivity (Wildman–Crippen MR) is 121 cm³/mol. The average molecular weight is 464 g/mol. The first-order chi connectivity index (χ1) is 16.6. The van der Waals surface area contributed by atoms with Crippen molar-refractivity contribution in [1.82, 2.24) is 9.88 Å². The van der Waals surface area contributed by atoms with E-state index in [0.29, 0.717) is 74.3 Å². The SMILES string of the molecule is O=C(c1ccc2c(c1)OCCO2)C1CCN(C(=O)CCc2ncc(-c3ccc(F)cc3)o2)CC1. The summed E-state index contributed by atoms with van der Waals surface area (Å²) < 4.78 is 29.9. The summed E-state index contributed by atoms with van der Waals surface area (Å²) in [6.07, 6.45) is 3.52. The van der Waals surface area contributed by atoms with Gasteiger partial charge in [0.15, 0.2) is 28.9 Å². The number of ketones is 1. The largest absolute Gasteiger partial charge is 0.486 e. The summed E-state index contributed by atoms with van der Waals surface area (Å²) in [5.74, 6) is 1.96. The standard InChI is InChI=1S/C26H25FN2O5/c27-20-4-1-17(2-5-20)23-16-28-24(34-23)7-8-25(30)29-11-9-18(10-12-29)26(31)19-3-6-21-22(15-19)33-14-13-32-21/h1-6,15-16,18H,7-14H2. The number of halogens is 1. The maximum atomic E-state index is 13.1. The Hall–Kier alpha value is -3.68. The lowest BCUT2D eigenvalue weighted by molar-refractivity contribution is -0.132. The number of carbonyl (C=O) groups is 2. The second-order valence-electron chi connectivity index (χ2n) is 8.50. The second kappa shape index (κ2) is 9.67. The van der Waals surface area contributed by atoms with Crippen molar-refractivity contribution in [3.63, 3.8) is 0 Å². The van der Waals surface area contributed by atoms with Gasteiger partial charge in [-0.15, -0.1) is 0 Å². The Labute approximate surface area is 196 Å². The molecule has 1 saturated heterocycles. The molecule has 0 spiro atoms. The first kappa shape index (κ1) is 22.1. The number of hydrogen-bond donors (Lipinski definition) is 0. The Morgan fingerprint density at radius 2 is 1.74 bits per heavy atom. The molecule has 0 radical (unpaired) electrons. The van der Waals surface area contributed by atoms with Crippen LogP contribution in [0, 0.1) is 11.7 Å². The van der Waals surface area contributed by atoms with E-state index in [-0.39, 0.29) is 29.8 Å². The number of aromatic nitrogens is 1. The summed E-state index contributed by atoms with van der Waals surface area (Å²) >= 11 is 0. The van der Waals surface area contributed by atoms with Gasteiger partial charge in [0.05, 0.1) is 6.20 Å². The molecule has 3 aromatic rings. The fourth-order valence-electron chi connectivity index (χ4n) is 4.37. The summed E-state index contributed by atoms with van der Waals surface area (Å²) in [7, 11) is 0. The van der Waals surface area contributed by atoms with Gasteiger partial charge < -0.3 is 18.8 Å². The molecule has 0 unspecified atom stereocenters. The zero-order chi connectivity index (χ0) is 23.5. The van der Waals surface area contributed by atoms with Gasteiger partial charge in [-0.1, -0.05) is 0 Å². The number of Topliss-reactive ketones (excluding diaryl/α,β-unsaturated/α-hetero) is 1. The lowest BCUT2D eigenvalue weighted by Crippen LogP contribution is -2.40. The Balaban J connectivity index is 1.11. The first-order valence-electron chi connectivity index (χ1n) is 11.5. The van der Waals surface area contributed by atoms with E-state index >= 15 is 0 Å². The van der Waals surface area contributed by atoms with E-state index in [2.05, 4.69) is 4.98 Å². The maximum absolute atomic E-state index is 13.1. The van der Waals surface area contributed by atoms with Crippen LogP contribution in [0.3, 0.4) is 0 Å². The van der Waals surface area contributed by atoms with Gasteiger partial charge in [0.25, 0.3) is 0 Å². The van der Waals surface area contributed by atoms with E-state index in [4.69, 9.17) is 13.9 Å². The van der Waals surface area contributed by atoms with Crippen LogP contribution < -0.4 is 9.47 Å². The Morgan fingerprint density at radius 3 is 2.50 bits per heavy atom. The van der Waals surface area contributed by atoms with Gasteiger partial charge >= 0.3 is 0 Å². The molecule has 0 bridgehead atoms. The topological polar surface area (TPSA) is 81.9 Å². The van der Waals surface area contributed by atoms with Gasteiger partial charge in [-0.3, -0.25) is 9.59 Å². The third-order valence-electron chi connectivity index (χ3n) is 6.28. The van der Waals surface area contributed by atoms with Crippen LogP contribution in [-0.4, -0.2) is 47.9 Å². The number of amides is 1. The van der Waals surface area contributed by atoms with Gasteiger partial charge in [-0.05, 0) is 55.3 Å². The van der Waals surface area contributed by atoms with Gasteiger partial charge in [0.2, 0.25) is 5.91 Å². The summed E-state index contributed by atoms with van der Waals surface area (Å²) in [4.78, 5) is 31.7. The van der Waals surface area contributed by atoms with E-state index in [1.54, 1.807) is 41.4 Å². The van der Waals surface area contributed by atoms with Crippen LogP contribution in [0.4, 0.5) is 4.39 Å². The quantitative estimate of drug-likeness (QED) is 0.506.